The molecule has 0 atom stereocenters. The minimum atomic E-state index is -0.682. The van der Waals surface area contributed by atoms with Crippen molar-refractivity contribution in [2.45, 2.75) is 12.8 Å². The van der Waals surface area contributed by atoms with Crippen LogP contribution in [0.5, 0.6) is 0 Å². The molecule has 0 amide bonds. The first-order chi connectivity index (χ1) is 8.27. The summed E-state index contributed by atoms with van der Waals surface area (Å²) in [6, 6.07) is 3.59. The molecular weight excluding hydrogens is 220 g/mol. The first kappa shape index (κ1) is 10.1. The Morgan fingerprint density at radius 1 is 1.29 bits per heavy atom. The third-order valence-electron chi connectivity index (χ3n) is 3.02. The number of rotatable bonds is 1. The van der Waals surface area contributed by atoms with E-state index in [9.17, 15) is 10.0 Å². The normalized spacial score (nSPS) is 15.6. The fraction of sp³-hybridized carbons (Fsp3) is 0.364. The molecule has 1 N–H and O–H groups in total. The molecule has 0 unspecified atom stereocenters. The molecule has 2 aromatic rings. The molecular formula is C11H12N4O2. The van der Waals surface area contributed by atoms with Gasteiger partial charge in [-0.05, 0) is 25.0 Å². The van der Waals surface area contributed by atoms with Gasteiger partial charge in [0.15, 0.2) is 5.65 Å². The summed E-state index contributed by atoms with van der Waals surface area (Å²) in [6.45, 7) is 1.79. The minimum absolute atomic E-state index is 0.259. The van der Waals surface area contributed by atoms with Crippen molar-refractivity contribution in [3.8, 4) is 0 Å². The van der Waals surface area contributed by atoms with Crippen LogP contribution in [-0.4, -0.2) is 33.0 Å². The molecule has 1 aliphatic rings. The van der Waals surface area contributed by atoms with Crippen LogP contribution in [0, 0.1) is 0 Å². The molecule has 0 bridgehead atoms. The van der Waals surface area contributed by atoms with Gasteiger partial charge >= 0.3 is 5.69 Å². The van der Waals surface area contributed by atoms with Crippen molar-refractivity contribution in [3.63, 3.8) is 0 Å². The molecule has 6 nitrogen and oxygen atoms in total. The maximum Gasteiger partial charge on any atom is 0.384 e. The molecule has 0 spiro atoms. The fourth-order valence-corrected chi connectivity index (χ4v) is 2.20. The van der Waals surface area contributed by atoms with Gasteiger partial charge in [-0.3, -0.25) is 0 Å². The maximum absolute atomic E-state index is 11.5. The average Bonchev–Trinajstić information content (AvgIpc) is 2.87. The van der Waals surface area contributed by atoms with Crippen LogP contribution in [-0.2, 0) is 0 Å². The molecule has 3 heterocycles. The zero-order valence-corrected chi connectivity index (χ0v) is 9.20. The van der Waals surface area contributed by atoms with Crippen LogP contribution >= 0.6 is 0 Å². The first-order valence-corrected chi connectivity index (χ1v) is 5.59. The second-order valence-corrected chi connectivity index (χ2v) is 4.10. The molecule has 2 aromatic heterocycles. The Morgan fingerprint density at radius 2 is 2.06 bits per heavy atom. The SMILES string of the molecule is O=c1nc(N2CCCC2)c2cccnc2n1O. The molecule has 1 saturated heterocycles. The first-order valence-electron chi connectivity index (χ1n) is 5.59. The van der Waals surface area contributed by atoms with Gasteiger partial charge < -0.3 is 10.1 Å². The zero-order valence-electron chi connectivity index (χ0n) is 9.20. The molecule has 17 heavy (non-hydrogen) atoms. The number of pyridine rings is 1. The molecule has 88 valence electrons. The lowest BCUT2D eigenvalue weighted by Crippen LogP contribution is -2.28. The third kappa shape index (κ3) is 1.52. The predicted octanol–water partition coefficient (Wildman–Crippen LogP) is 0.629. The van der Waals surface area contributed by atoms with E-state index in [0.29, 0.717) is 15.9 Å². The van der Waals surface area contributed by atoms with Gasteiger partial charge in [0.2, 0.25) is 0 Å². The lowest BCUT2D eigenvalue weighted by Gasteiger charge is -2.17. The highest BCUT2D eigenvalue weighted by Crippen LogP contribution is 2.24. The van der Waals surface area contributed by atoms with E-state index in [1.165, 1.54) is 0 Å². The van der Waals surface area contributed by atoms with Crippen molar-refractivity contribution in [1.82, 2.24) is 14.7 Å². The molecule has 3 rings (SSSR count). The van der Waals surface area contributed by atoms with Crippen molar-refractivity contribution < 1.29 is 5.21 Å². The number of nitrogens with zero attached hydrogens (tertiary/aromatic N) is 4. The Bertz CT molecular complexity index is 616. The molecule has 6 heteroatoms. The maximum atomic E-state index is 11.5. The van der Waals surface area contributed by atoms with E-state index in [4.69, 9.17) is 0 Å². The van der Waals surface area contributed by atoms with Crippen LogP contribution in [0.25, 0.3) is 11.0 Å². The summed E-state index contributed by atoms with van der Waals surface area (Å²) < 4.78 is 0.495. The van der Waals surface area contributed by atoms with Gasteiger partial charge in [-0.15, -0.1) is 4.73 Å². The minimum Gasteiger partial charge on any atom is -0.422 e. The van der Waals surface area contributed by atoms with Gasteiger partial charge in [-0.1, -0.05) is 0 Å². The van der Waals surface area contributed by atoms with E-state index in [-0.39, 0.29) is 5.65 Å². The van der Waals surface area contributed by atoms with Crippen molar-refractivity contribution in [3.05, 3.63) is 28.8 Å². The largest absolute Gasteiger partial charge is 0.422 e. The molecule has 0 saturated carbocycles. The molecule has 0 radical (unpaired) electrons. The van der Waals surface area contributed by atoms with E-state index in [1.807, 2.05) is 6.07 Å². The summed E-state index contributed by atoms with van der Waals surface area (Å²) in [5.74, 6) is 0.626. The Balaban J connectivity index is 2.30. The van der Waals surface area contributed by atoms with E-state index < -0.39 is 5.69 Å². The Kier molecular flexibility index (Phi) is 2.21. The summed E-state index contributed by atoms with van der Waals surface area (Å²) in [4.78, 5) is 21.6. The second-order valence-electron chi connectivity index (χ2n) is 4.10. The van der Waals surface area contributed by atoms with E-state index >= 15 is 0 Å². The summed E-state index contributed by atoms with van der Waals surface area (Å²) in [5, 5.41) is 10.3. The van der Waals surface area contributed by atoms with Crippen LogP contribution < -0.4 is 10.6 Å². The summed E-state index contributed by atoms with van der Waals surface area (Å²) in [6.07, 6.45) is 3.75. The van der Waals surface area contributed by atoms with Crippen molar-refractivity contribution in [2.75, 3.05) is 18.0 Å². The Morgan fingerprint density at radius 3 is 2.82 bits per heavy atom. The standard InChI is InChI=1S/C11H12N4O2/c16-11-13-10(14-6-1-2-7-14)8-4-3-5-12-9(8)15(11)17/h3-5,17H,1-2,6-7H2. The van der Waals surface area contributed by atoms with E-state index in [0.717, 1.165) is 25.9 Å². The number of aromatic nitrogens is 3. The average molecular weight is 232 g/mol. The Hall–Kier alpha value is -2.11. The van der Waals surface area contributed by atoms with E-state index in [2.05, 4.69) is 14.9 Å². The van der Waals surface area contributed by atoms with Gasteiger partial charge in [0.05, 0.1) is 5.39 Å². The van der Waals surface area contributed by atoms with Gasteiger partial charge in [-0.25, -0.2) is 9.78 Å². The van der Waals surface area contributed by atoms with Gasteiger partial charge in [0.1, 0.15) is 5.82 Å². The molecule has 1 aliphatic heterocycles. The van der Waals surface area contributed by atoms with Crippen LogP contribution in [0.4, 0.5) is 5.82 Å². The van der Waals surface area contributed by atoms with Gasteiger partial charge in [-0.2, -0.15) is 4.98 Å². The highest BCUT2D eigenvalue weighted by molar-refractivity contribution is 5.86. The zero-order chi connectivity index (χ0) is 11.8. The second kappa shape index (κ2) is 3.73. The quantitative estimate of drug-likeness (QED) is 0.730. The number of fused-ring (bicyclic) bond motifs is 1. The Labute approximate surface area is 97.1 Å². The van der Waals surface area contributed by atoms with Crippen LogP contribution in [0.1, 0.15) is 12.8 Å². The van der Waals surface area contributed by atoms with Crippen molar-refractivity contribution >= 4 is 16.9 Å². The number of hydrogen-bond donors (Lipinski definition) is 1. The highest BCUT2D eigenvalue weighted by atomic mass is 16.5. The molecule has 0 aromatic carbocycles. The smallest absolute Gasteiger partial charge is 0.384 e. The lowest BCUT2D eigenvalue weighted by molar-refractivity contribution is 0.182. The fourth-order valence-electron chi connectivity index (χ4n) is 2.20. The molecule has 1 fully saturated rings. The topological polar surface area (TPSA) is 71.2 Å². The van der Waals surface area contributed by atoms with Crippen LogP contribution in [0.2, 0.25) is 0 Å². The van der Waals surface area contributed by atoms with Crippen molar-refractivity contribution in [1.29, 1.82) is 0 Å². The van der Waals surface area contributed by atoms with Gasteiger partial charge in [0, 0.05) is 19.3 Å². The third-order valence-corrected chi connectivity index (χ3v) is 3.02. The lowest BCUT2D eigenvalue weighted by atomic mass is 10.3. The van der Waals surface area contributed by atoms with Crippen LogP contribution in [0.15, 0.2) is 23.1 Å². The molecule has 0 aliphatic carbocycles. The van der Waals surface area contributed by atoms with Crippen LogP contribution in [0.3, 0.4) is 0 Å². The summed E-state index contributed by atoms with van der Waals surface area (Å²) in [5.41, 5.74) is -0.424. The van der Waals surface area contributed by atoms with Gasteiger partial charge in [0.25, 0.3) is 0 Å². The monoisotopic (exact) mass is 232 g/mol. The number of anilines is 1. The van der Waals surface area contributed by atoms with E-state index in [1.54, 1.807) is 12.3 Å². The number of hydrogen-bond acceptors (Lipinski definition) is 5. The van der Waals surface area contributed by atoms with Crippen molar-refractivity contribution in [2.24, 2.45) is 0 Å². The predicted molar refractivity (Wildman–Crippen MR) is 62.4 cm³/mol. The summed E-state index contributed by atoms with van der Waals surface area (Å²) >= 11 is 0. The highest BCUT2D eigenvalue weighted by Gasteiger charge is 2.19. The summed E-state index contributed by atoms with van der Waals surface area (Å²) in [7, 11) is 0.